The first-order valence-corrected chi connectivity index (χ1v) is 7.76. The Labute approximate surface area is 137 Å². The van der Waals surface area contributed by atoms with Crippen molar-refractivity contribution in [3.05, 3.63) is 60.2 Å². The molecule has 2 aromatic heterocycles. The average molecular weight is 330 g/mol. The zero-order valence-corrected chi connectivity index (χ0v) is 12.8. The molecule has 3 unspecified atom stereocenters. The predicted molar refractivity (Wildman–Crippen MR) is 84.0 cm³/mol. The lowest BCUT2D eigenvalue weighted by Crippen LogP contribution is -2.26. The highest BCUT2D eigenvalue weighted by Gasteiger charge is 2.32. The predicted octanol–water partition coefficient (Wildman–Crippen LogP) is 3.09. The molecule has 1 saturated heterocycles. The number of ether oxygens (including phenoxy) is 1. The third-order valence-corrected chi connectivity index (χ3v) is 4.45. The molecule has 0 saturated carbocycles. The van der Waals surface area contributed by atoms with Crippen molar-refractivity contribution in [1.29, 1.82) is 0 Å². The highest BCUT2D eigenvalue weighted by molar-refractivity contribution is 5.74. The van der Waals surface area contributed by atoms with Crippen LogP contribution in [0.1, 0.15) is 30.7 Å². The van der Waals surface area contributed by atoms with Gasteiger partial charge in [-0.2, -0.15) is 0 Å². The molecule has 0 aliphatic carbocycles. The maximum Gasteiger partial charge on any atom is 0.159 e. The van der Waals surface area contributed by atoms with E-state index >= 15 is 0 Å². The maximum absolute atomic E-state index is 13.4. The van der Waals surface area contributed by atoms with E-state index in [-0.39, 0.29) is 12.3 Å². The number of benzene rings is 1. The van der Waals surface area contributed by atoms with Gasteiger partial charge in [-0.05, 0) is 36.6 Å². The molecule has 1 aromatic carbocycles. The molecule has 1 fully saturated rings. The quantitative estimate of drug-likeness (QED) is 0.801. The second-order valence-electron chi connectivity index (χ2n) is 5.93. The largest absolute Gasteiger partial charge is 0.353 e. The molecule has 0 amide bonds. The van der Waals surface area contributed by atoms with Crippen molar-refractivity contribution in [3.8, 4) is 0 Å². The van der Waals surface area contributed by atoms with E-state index in [2.05, 4.69) is 9.97 Å². The molecular formula is C17H16F2N4O. The van der Waals surface area contributed by atoms with E-state index in [9.17, 15) is 8.78 Å². The van der Waals surface area contributed by atoms with Crippen molar-refractivity contribution in [3.63, 3.8) is 0 Å². The molecule has 3 atom stereocenters. The normalized spacial score (nSPS) is 22.1. The number of nitrogens with zero attached hydrogens (tertiary/aromatic N) is 3. The number of rotatable bonds is 3. The van der Waals surface area contributed by atoms with Crippen LogP contribution < -0.4 is 5.73 Å². The van der Waals surface area contributed by atoms with Crippen LogP contribution >= 0.6 is 0 Å². The van der Waals surface area contributed by atoms with E-state index in [0.29, 0.717) is 5.56 Å². The minimum Gasteiger partial charge on any atom is -0.353 e. The molecule has 0 spiro atoms. The second-order valence-corrected chi connectivity index (χ2v) is 5.93. The Morgan fingerprint density at radius 3 is 2.92 bits per heavy atom. The van der Waals surface area contributed by atoms with E-state index < -0.39 is 17.7 Å². The first kappa shape index (κ1) is 15.2. The van der Waals surface area contributed by atoms with Crippen molar-refractivity contribution in [2.24, 2.45) is 5.73 Å². The SMILES string of the molecule is NC(c1ccc(F)c(F)c1)C1CCC(n2ccc3cncnc32)O1. The Morgan fingerprint density at radius 1 is 1.21 bits per heavy atom. The van der Waals surface area contributed by atoms with Gasteiger partial charge in [-0.3, -0.25) is 0 Å². The van der Waals surface area contributed by atoms with Crippen molar-refractivity contribution < 1.29 is 13.5 Å². The topological polar surface area (TPSA) is 66.0 Å². The number of hydrogen-bond acceptors (Lipinski definition) is 4. The summed E-state index contributed by atoms with van der Waals surface area (Å²) in [6.45, 7) is 0. The van der Waals surface area contributed by atoms with Crippen LogP contribution in [0.3, 0.4) is 0 Å². The molecule has 24 heavy (non-hydrogen) atoms. The molecule has 124 valence electrons. The zero-order chi connectivity index (χ0) is 16.7. The maximum atomic E-state index is 13.4. The molecule has 0 radical (unpaired) electrons. The summed E-state index contributed by atoms with van der Waals surface area (Å²) in [5, 5.41) is 0.939. The molecule has 0 bridgehead atoms. The van der Waals surface area contributed by atoms with E-state index in [1.54, 1.807) is 6.20 Å². The number of nitrogens with two attached hydrogens (primary N) is 1. The van der Waals surface area contributed by atoms with Gasteiger partial charge in [0.25, 0.3) is 0 Å². The summed E-state index contributed by atoms with van der Waals surface area (Å²) in [5.74, 6) is -1.78. The molecule has 3 heterocycles. The van der Waals surface area contributed by atoms with Crippen LogP contribution in [0.2, 0.25) is 0 Å². The summed E-state index contributed by atoms with van der Waals surface area (Å²) in [6, 6.07) is 5.14. The summed E-state index contributed by atoms with van der Waals surface area (Å²) in [4.78, 5) is 8.28. The fourth-order valence-corrected chi connectivity index (χ4v) is 3.18. The molecule has 1 aliphatic heterocycles. The summed E-state index contributed by atoms with van der Waals surface area (Å²) >= 11 is 0. The summed E-state index contributed by atoms with van der Waals surface area (Å²) in [7, 11) is 0. The minimum absolute atomic E-state index is 0.182. The van der Waals surface area contributed by atoms with Crippen LogP contribution in [0.5, 0.6) is 0 Å². The number of halogens is 2. The minimum atomic E-state index is -0.898. The van der Waals surface area contributed by atoms with Gasteiger partial charge in [0.2, 0.25) is 0 Å². The molecule has 7 heteroatoms. The molecule has 5 nitrogen and oxygen atoms in total. The Morgan fingerprint density at radius 2 is 2.08 bits per heavy atom. The smallest absolute Gasteiger partial charge is 0.159 e. The first-order valence-electron chi connectivity index (χ1n) is 7.76. The van der Waals surface area contributed by atoms with Gasteiger partial charge in [0, 0.05) is 17.8 Å². The van der Waals surface area contributed by atoms with Gasteiger partial charge in [0.15, 0.2) is 11.6 Å². The first-order chi connectivity index (χ1) is 11.6. The molecule has 1 aliphatic rings. The van der Waals surface area contributed by atoms with Crippen LogP contribution in [-0.2, 0) is 4.74 Å². The standard InChI is InChI=1S/C17H16F2N4O/c18-12-2-1-10(7-13(12)19)16(20)14-3-4-15(24-14)23-6-5-11-8-21-9-22-17(11)23/h1-2,5-9,14-16H,3-4,20H2. The van der Waals surface area contributed by atoms with Crippen LogP contribution in [0.25, 0.3) is 11.0 Å². The van der Waals surface area contributed by atoms with Gasteiger partial charge < -0.3 is 15.0 Å². The lowest BCUT2D eigenvalue weighted by atomic mass is 10.00. The van der Waals surface area contributed by atoms with E-state index in [1.807, 2.05) is 16.8 Å². The van der Waals surface area contributed by atoms with Gasteiger partial charge in [0.1, 0.15) is 18.2 Å². The average Bonchev–Trinajstić information content (AvgIpc) is 3.23. The monoisotopic (exact) mass is 330 g/mol. The molecule has 3 aromatic rings. The third kappa shape index (κ3) is 2.55. The Balaban J connectivity index is 1.54. The Kier molecular flexibility index (Phi) is 3.74. The van der Waals surface area contributed by atoms with Crippen LogP contribution in [0.15, 0.2) is 43.0 Å². The molecule has 4 rings (SSSR count). The summed E-state index contributed by atoms with van der Waals surface area (Å²) in [5.41, 5.74) is 7.53. The highest BCUT2D eigenvalue weighted by Crippen LogP contribution is 2.35. The summed E-state index contributed by atoms with van der Waals surface area (Å²) in [6.07, 6.45) is 6.22. The Bertz CT molecular complexity index is 882. The van der Waals surface area contributed by atoms with Gasteiger partial charge in [-0.25, -0.2) is 18.7 Å². The second kappa shape index (κ2) is 5.92. The van der Waals surface area contributed by atoms with E-state index in [1.165, 1.54) is 12.4 Å². The highest BCUT2D eigenvalue weighted by atomic mass is 19.2. The summed E-state index contributed by atoms with van der Waals surface area (Å²) < 4.78 is 34.5. The zero-order valence-electron chi connectivity index (χ0n) is 12.8. The van der Waals surface area contributed by atoms with Crippen LogP contribution in [-0.4, -0.2) is 20.6 Å². The van der Waals surface area contributed by atoms with Crippen LogP contribution in [0.4, 0.5) is 8.78 Å². The van der Waals surface area contributed by atoms with E-state index in [0.717, 1.165) is 36.0 Å². The van der Waals surface area contributed by atoms with Crippen molar-refractivity contribution in [2.45, 2.75) is 31.2 Å². The van der Waals surface area contributed by atoms with Gasteiger partial charge in [0.05, 0.1) is 12.1 Å². The lowest BCUT2D eigenvalue weighted by Gasteiger charge is -2.21. The van der Waals surface area contributed by atoms with E-state index in [4.69, 9.17) is 10.5 Å². The third-order valence-electron chi connectivity index (χ3n) is 4.45. The van der Waals surface area contributed by atoms with Gasteiger partial charge >= 0.3 is 0 Å². The van der Waals surface area contributed by atoms with Crippen LogP contribution in [0, 0.1) is 11.6 Å². The molecular weight excluding hydrogens is 314 g/mol. The lowest BCUT2D eigenvalue weighted by molar-refractivity contribution is -0.00741. The van der Waals surface area contributed by atoms with Gasteiger partial charge in [-0.15, -0.1) is 0 Å². The fraction of sp³-hybridized carbons (Fsp3) is 0.294. The van der Waals surface area contributed by atoms with Crippen molar-refractivity contribution in [2.75, 3.05) is 0 Å². The van der Waals surface area contributed by atoms with Crippen molar-refractivity contribution in [1.82, 2.24) is 14.5 Å². The fourth-order valence-electron chi connectivity index (χ4n) is 3.18. The molecule has 2 N–H and O–H groups in total. The van der Waals surface area contributed by atoms with Crippen molar-refractivity contribution >= 4 is 11.0 Å². The number of hydrogen-bond donors (Lipinski definition) is 1. The number of aromatic nitrogens is 3. The van der Waals surface area contributed by atoms with Gasteiger partial charge in [-0.1, -0.05) is 6.07 Å². The number of fused-ring (bicyclic) bond motifs is 1. The Hall–Kier alpha value is -2.38.